The van der Waals surface area contributed by atoms with E-state index in [2.05, 4.69) is 14.7 Å². The Morgan fingerprint density at radius 3 is 2.95 bits per heavy atom. The number of nitrogens with one attached hydrogen (secondary N) is 1. The van der Waals surface area contributed by atoms with Gasteiger partial charge in [0.2, 0.25) is 0 Å². The Morgan fingerprint density at radius 2 is 2.20 bits per heavy atom. The summed E-state index contributed by atoms with van der Waals surface area (Å²) >= 11 is -0.623. The fourth-order valence-corrected chi connectivity index (χ4v) is 2.49. The van der Waals surface area contributed by atoms with Gasteiger partial charge >= 0.3 is 11.2 Å². The zero-order valence-corrected chi connectivity index (χ0v) is 11.1. The molecule has 0 radical (unpaired) electrons. The van der Waals surface area contributed by atoms with Crippen LogP contribution in [0.15, 0.2) is 24.3 Å². The number of amides is 1. The molecule has 0 bridgehead atoms. The first-order valence-electron chi connectivity index (χ1n) is 5.95. The lowest BCUT2D eigenvalue weighted by Gasteiger charge is -2.27. The van der Waals surface area contributed by atoms with E-state index in [4.69, 9.17) is 0 Å². The van der Waals surface area contributed by atoms with E-state index in [0.717, 1.165) is 24.0 Å². The van der Waals surface area contributed by atoms with E-state index in [0.29, 0.717) is 6.42 Å². The predicted octanol–water partition coefficient (Wildman–Crippen LogP) is 1.64. The van der Waals surface area contributed by atoms with Gasteiger partial charge in [-0.2, -0.15) is 13.1 Å². The normalized spacial score (nSPS) is 18.4. The van der Waals surface area contributed by atoms with Crippen molar-refractivity contribution in [1.29, 1.82) is 0 Å². The lowest BCUT2D eigenvalue weighted by atomic mass is 9.88. The maximum Gasteiger partial charge on any atom is 0.397 e. The number of rotatable bonds is 5. The van der Waals surface area contributed by atoms with E-state index in [1.54, 1.807) is 6.07 Å². The van der Waals surface area contributed by atoms with Crippen molar-refractivity contribution in [2.24, 2.45) is 0 Å². The van der Waals surface area contributed by atoms with E-state index in [1.165, 1.54) is 0 Å². The molecule has 5 nitrogen and oxygen atoms in total. The maximum atomic E-state index is 13.3. The van der Waals surface area contributed by atoms with Crippen LogP contribution in [0, 0.1) is 0 Å². The van der Waals surface area contributed by atoms with Crippen LogP contribution in [0.1, 0.15) is 30.0 Å². The second-order valence-electron chi connectivity index (χ2n) is 4.35. The number of fused-ring (bicyclic) bond motifs is 1. The molecule has 1 aliphatic carbocycles. The minimum absolute atomic E-state index is 0.466. The number of hydrogen-bond acceptors (Lipinski definition) is 5. The van der Waals surface area contributed by atoms with Crippen LogP contribution in [0.5, 0.6) is 0 Å². The molecule has 1 aromatic rings. The number of alkyl halides is 2. The predicted molar refractivity (Wildman–Crippen MR) is 65.0 cm³/mol. The lowest BCUT2D eigenvalue weighted by molar-refractivity contribution is -0.777. The zero-order chi connectivity index (χ0) is 14.6. The van der Waals surface area contributed by atoms with Crippen LogP contribution in [0.3, 0.4) is 0 Å². The summed E-state index contributed by atoms with van der Waals surface area (Å²) < 4.78 is 30.2. The van der Waals surface area contributed by atoms with Gasteiger partial charge in [-0.1, -0.05) is 24.3 Å². The Labute approximate surface area is 118 Å². The van der Waals surface area contributed by atoms with Gasteiger partial charge in [0.25, 0.3) is 0 Å². The number of aryl methyl sites for hydroxylation is 1. The molecular formula is C12H12F2NO4S-. The van der Waals surface area contributed by atoms with Gasteiger partial charge in [-0.25, -0.2) is 0 Å². The van der Waals surface area contributed by atoms with E-state index >= 15 is 0 Å². The lowest BCUT2D eigenvalue weighted by Crippen LogP contribution is -2.41. The summed E-state index contributed by atoms with van der Waals surface area (Å²) in [4.78, 5) is 11.5. The SMILES string of the molecule is O=C(NC1CCCc2ccccc21)C(F)(F)SOO[O-]. The molecular weight excluding hydrogens is 292 g/mol. The summed E-state index contributed by atoms with van der Waals surface area (Å²) in [6.07, 6.45) is 2.25. The van der Waals surface area contributed by atoms with Gasteiger partial charge in [0.05, 0.1) is 6.04 Å². The van der Waals surface area contributed by atoms with E-state index < -0.39 is 29.2 Å². The Hall–Kier alpha value is -1.22. The van der Waals surface area contributed by atoms with Gasteiger partial charge < -0.3 is 10.6 Å². The van der Waals surface area contributed by atoms with Crippen LogP contribution in [-0.2, 0) is 20.6 Å². The molecule has 0 aliphatic heterocycles. The highest BCUT2D eigenvalue weighted by Gasteiger charge is 2.43. The summed E-state index contributed by atoms with van der Waals surface area (Å²) in [6.45, 7) is 0. The van der Waals surface area contributed by atoms with Crippen molar-refractivity contribution in [2.75, 3.05) is 0 Å². The first-order chi connectivity index (χ1) is 9.54. The molecule has 0 aromatic heterocycles. The Morgan fingerprint density at radius 1 is 1.45 bits per heavy atom. The van der Waals surface area contributed by atoms with Gasteiger partial charge in [-0.3, -0.25) is 9.83 Å². The Kier molecular flexibility index (Phi) is 4.92. The molecule has 2 rings (SSSR count). The smallest absolute Gasteiger partial charge is 0.397 e. The summed E-state index contributed by atoms with van der Waals surface area (Å²) in [7, 11) is 0. The third-order valence-corrected chi connectivity index (χ3v) is 3.62. The van der Waals surface area contributed by atoms with Crippen LogP contribution < -0.4 is 10.6 Å². The Bertz CT molecular complexity index is 486. The van der Waals surface area contributed by atoms with Crippen molar-refractivity contribution >= 4 is 17.9 Å². The van der Waals surface area contributed by atoms with Gasteiger partial charge in [0.1, 0.15) is 12.0 Å². The maximum absolute atomic E-state index is 13.3. The highest BCUT2D eigenvalue weighted by Crippen LogP contribution is 2.33. The van der Waals surface area contributed by atoms with Crippen molar-refractivity contribution in [3.05, 3.63) is 35.4 Å². The molecule has 110 valence electrons. The average molecular weight is 304 g/mol. The first kappa shape index (κ1) is 15.2. The van der Waals surface area contributed by atoms with Crippen LogP contribution in [0.4, 0.5) is 8.78 Å². The van der Waals surface area contributed by atoms with Crippen molar-refractivity contribution in [3.8, 4) is 0 Å². The number of carbonyl (C=O) groups excluding carboxylic acids is 1. The highest BCUT2D eigenvalue weighted by atomic mass is 32.2. The summed E-state index contributed by atoms with van der Waals surface area (Å²) in [5.41, 5.74) is 1.88. The van der Waals surface area contributed by atoms with Crippen LogP contribution in [0.25, 0.3) is 0 Å². The number of hydrogen-bond donors (Lipinski definition) is 1. The number of halogens is 2. The molecule has 1 aliphatic rings. The molecule has 0 saturated heterocycles. The number of benzene rings is 1. The standard InChI is InChI=1S/C12H13F2NO4S/c13-12(14,20-19-18-17)11(16)15-10-7-3-5-8-4-1-2-6-9(8)10/h1-2,4,6,10,17H,3,5,7H2,(H,15,16)/p-1. The molecule has 1 aromatic carbocycles. The fourth-order valence-electron chi connectivity index (χ4n) is 2.24. The minimum atomic E-state index is -3.89. The fraction of sp³-hybridized carbons (Fsp3) is 0.417. The topological polar surface area (TPSA) is 70.6 Å². The van der Waals surface area contributed by atoms with Gasteiger partial charge in [-0.15, -0.1) is 0 Å². The van der Waals surface area contributed by atoms with Crippen molar-refractivity contribution in [2.45, 2.75) is 30.6 Å². The minimum Gasteiger partial charge on any atom is -0.691 e. The zero-order valence-electron chi connectivity index (χ0n) is 10.3. The summed E-state index contributed by atoms with van der Waals surface area (Å²) in [5.74, 6) is -1.51. The second-order valence-corrected chi connectivity index (χ2v) is 5.17. The first-order valence-corrected chi connectivity index (χ1v) is 6.69. The molecule has 0 saturated carbocycles. The van der Waals surface area contributed by atoms with Crippen molar-refractivity contribution in [3.63, 3.8) is 0 Å². The van der Waals surface area contributed by atoms with Crippen LogP contribution >= 0.6 is 12.0 Å². The van der Waals surface area contributed by atoms with Crippen molar-refractivity contribution in [1.82, 2.24) is 5.32 Å². The quantitative estimate of drug-likeness (QED) is 0.509. The molecule has 1 N–H and O–H groups in total. The van der Waals surface area contributed by atoms with Gasteiger partial charge in [-0.05, 0) is 30.4 Å². The van der Waals surface area contributed by atoms with E-state index in [-0.39, 0.29) is 0 Å². The van der Waals surface area contributed by atoms with Gasteiger partial charge in [0, 0.05) is 0 Å². The molecule has 8 heteroatoms. The molecule has 0 spiro atoms. The monoisotopic (exact) mass is 304 g/mol. The Balaban J connectivity index is 2.06. The van der Waals surface area contributed by atoms with E-state index in [1.807, 2.05) is 18.2 Å². The molecule has 1 unspecified atom stereocenters. The third kappa shape index (κ3) is 3.45. The van der Waals surface area contributed by atoms with E-state index in [9.17, 15) is 18.8 Å². The molecule has 0 heterocycles. The van der Waals surface area contributed by atoms with Crippen molar-refractivity contribution < 1.29 is 28.2 Å². The number of carbonyl (C=O) groups is 1. The van der Waals surface area contributed by atoms with Crippen LogP contribution in [0.2, 0.25) is 0 Å². The molecule has 1 atom stereocenters. The van der Waals surface area contributed by atoms with Crippen LogP contribution in [-0.4, -0.2) is 11.2 Å². The van der Waals surface area contributed by atoms with Gasteiger partial charge in [0.15, 0.2) is 0 Å². The average Bonchev–Trinajstić information content (AvgIpc) is 2.45. The third-order valence-electron chi connectivity index (χ3n) is 3.11. The largest absolute Gasteiger partial charge is 0.691 e. The highest BCUT2D eigenvalue weighted by molar-refractivity contribution is 7.96. The molecule has 1 amide bonds. The second kappa shape index (κ2) is 6.49. The molecule has 20 heavy (non-hydrogen) atoms. The summed E-state index contributed by atoms with van der Waals surface area (Å²) in [6, 6.07) is 6.92. The summed E-state index contributed by atoms with van der Waals surface area (Å²) in [5, 5.41) is 10.8. The molecule has 0 fully saturated rings.